The Morgan fingerprint density at radius 2 is 1.43 bits per heavy atom. The molecule has 0 saturated carbocycles. The first-order chi connectivity index (χ1) is 9.79. The molecule has 2 fully saturated rings. The third kappa shape index (κ3) is 4.43. The Balaban J connectivity index is 1.84. The minimum Gasteiger partial charge on any atom is -0.300 e. The molecule has 0 amide bonds. The van der Waals surface area contributed by atoms with Gasteiger partial charge in [-0.3, -0.25) is 4.90 Å². The van der Waals surface area contributed by atoms with Gasteiger partial charge in [0.1, 0.15) is 0 Å². The van der Waals surface area contributed by atoms with E-state index in [4.69, 9.17) is 0 Å². The number of likely N-dealkylation sites (tertiary alicyclic amines) is 1. The van der Waals surface area contributed by atoms with Crippen molar-refractivity contribution in [2.45, 2.75) is 60.0 Å². The quantitative estimate of drug-likeness (QED) is 0.789. The molecule has 2 saturated heterocycles. The zero-order chi connectivity index (χ0) is 15.6. The van der Waals surface area contributed by atoms with Crippen molar-refractivity contribution in [1.82, 2.24) is 14.7 Å². The van der Waals surface area contributed by atoms with Gasteiger partial charge in [-0.15, -0.1) is 0 Å². The van der Waals surface area contributed by atoms with Crippen molar-refractivity contribution in [3.8, 4) is 0 Å². The van der Waals surface area contributed by atoms with Crippen molar-refractivity contribution in [2.75, 3.05) is 45.8 Å². The maximum atomic E-state index is 2.72. The van der Waals surface area contributed by atoms with Crippen LogP contribution >= 0.6 is 0 Å². The van der Waals surface area contributed by atoms with Crippen LogP contribution in [0.3, 0.4) is 0 Å². The van der Waals surface area contributed by atoms with Gasteiger partial charge in [0, 0.05) is 51.4 Å². The summed E-state index contributed by atoms with van der Waals surface area (Å²) in [6.07, 6.45) is 1.37. The van der Waals surface area contributed by atoms with Crippen LogP contribution in [0.4, 0.5) is 0 Å². The topological polar surface area (TPSA) is 9.72 Å². The first-order valence-electron chi connectivity index (χ1n) is 9.00. The van der Waals surface area contributed by atoms with E-state index in [0.29, 0.717) is 17.5 Å². The monoisotopic (exact) mass is 295 g/mol. The van der Waals surface area contributed by atoms with Crippen molar-refractivity contribution >= 4 is 0 Å². The lowest BCUT2D eigenvalue weighted by atomic mass is 9.73. The van der Waals surface area contributed by atoms with Gasteiger partial charge in [0.2, 0.25) is 0 Å². The van der Waals surface area contributed by atoms with E-state index in [-0.39, 0.29) is 0 Å². The van der Waals surface area contributed by atoms with Crippen LogP contribution in [-0.4, -0.2) is 72.6 Å². The Morgan fingerprint density at radius 3 is 1.90 bits per heavy atom. The molecule has 0 aromatic heterocycles. The Kier molecular flexibility index (Phi) is 5.72. The van der Waals surface area contributed by atoms with Crippen molar-refractivity contribution < 1.29 is 0 Å². The SMILES string of the molecule is CC(C)N1CCN(C[C@H]2CCN(C(C)C)CC2(C)C)CC1. The van der Waals surface area contributed by atoms with Gasteiger partial charge in [-0.25, -0.2) is 0 Å². The van der Waals surface area contributed by atoms with Gasteiger partial charge in [-0.1, -0.05) is 13.8 Å². The Labute approximate surface area is 132 Å². The summed E-state index contributed by atoms with van der Waals surface area (Å²) in [4.78, 5) is 7.99. The van der Waals surface area contributed by atoms with Gasteiger partial charge in [0.15, 0.2) is 0 Å². The van der Waals surface area contributed by atoms with Crippen LogP contribution < -0.4 is 0 Å². The van der Waals surface area contributed by atoms with Gasteiger partial charge in [0.25, 0.3) is 0 Å². The van der Waals surface area contributed by atoms with Crippen molar-refractivity contribution in [1.29, 1.82) is 0 Å². The summed E-state index contributed by atoms with van der Waals surface area (Å²) in [6.45, 7) is 23.2. The highest BCUT2D eigenvalue weighted by Gasteiger charge is 2.37. The second kappa shape index (κ2) is 6.97. The molecular weight excluding hydrogens is 258 g/mol. The van der Waals surface area contributed by atoms with Gasteiger partial charge in [0.05, 0.1) is 0 Å². The van der Waals surface area contributed by atoms with Gasteiger partial charge in [-0.2, -0.15) is 0 Å². The summed E-state index contributed by atoms with van der Waals surface area (Å²) in [6, 6.07) is 1.40. The molecule has 3 heteroatoms. The van der Waals surface area contributed by atoms with E-state index in [2.05, 4.69) is 56.2 Å². The molecule has 2 rings (SSSR count). The van der Waals surface area contributed by atoms with Crippen LogP contribution in [0.25, 0.3) is 0 Å². The molecule has 2 heterocycles. The van der Waals surface area contributed by atoms with Gasteiger partial charge < -0.3 is 9.80 Å². The maximum absolute atomic E-state index is 2.72. The van der Waals surface area contributed by atoms with Crippen LogP contribution in [0.1, 0.15) is 48.0 Å². The summed E-state index contributed by atoms with van der Waals surface area (Å²) in [5.41, 5.74) is 0.456. The van der Waals surface area contributed by atoms with E-state index in [1.54, 1.807) is 0 Å². The third-order valence-electron chi connectivity index (χ3n) is 5.83. The fraction of sp³-hybridized carbons (Fsp3) is 1.00. The number of hydrogen-bond donors (Lipinski definition) is 0. The summed E-state index contributed by atoms with van der Waals surface area (Å²) < 4.78 is 0. The summed E-state index contributed by atoms with van der Waals surface area (Å²) >= 11 is 0. The molecule has 0 aromatic carbocycles. The first-order valence-corrected chi connectivity index (χ1v) is 9.00. The molecule has 21 heavy (non-hydrogen) atoms. The standard InChI is InChI=1S/C18H37N3/c1-15(2)20-11-9-19(10-12-20)13-17-7-8-21(16(3)4)14-18(17,5)6/h15-17H,7-14H2,1-6H3/t17-/m1/s1. The molecule has 1 atom stereocenters. The van der Waals surface area contributed by atoms with E-state index in [1.807, 2.05) is 0 Å². The van der Waals surface area contributed by atoms with Crippen molar-refractivity contribution in [3.05, 3.63) is 0 Å². The fourth-order valence-corrected chi connectivity index (χ4v) is 4.00. The lowest BCUT2D eigenvalue weighted by molar-refractivity contribution is 0.00627. The minimum atomic E-state index is 0.456. The number of piperazine rings is 1. The minimum absolute atomic E-state index is 0.456. The van der Waals surface area contributed by atoms with Crippen LogP contribution in [-0.2, 0) is 0 Å². The molecule has 0 spiro atoms. The van der Waals surface area contributed by atoms with E-state index >= 15 is 0 Å². The molecule has 0 N–H and O–H groups in total. The van der Waals surface area contributed by atoms with Gasteiger partial charge >= 0.3 is 0 Å². The Morgan fingerprint density at radius 1 is 0.857 bits per heavy atom. The second-order valence-corrected chi connectivity index (χ2v) is 8.47. The van der Waals surface area contributed by atoms with Crippen molar-refractivity contribution in [2.24, 2.45) is 11.3 Å². The number of hydrogen-bond acceptors (Lipinski definition) is 3. The molecule has 0 radical (unpaired) electrons. The van der Waals surface area contributed by atoms with E-state index in [0.717, 1.165) is 5.92 Å². The number of piperidine rings is 1. The molecular formula is C18H37N3. The average molecular weight is 296 g/mol. The zero-order valence-electron chi connectivity index (χ0n) is 15.2. The third-order valence-corrected chi connectivity index (χ3v) is 5.83. The first kappa shape index (κ1) is 17.2. The highest BCUT2D eigenvalue weighted by molar-refractivity contribution is 4.90. The Bertz CT molecular complexity index is 316. The Hall–Kier alpha value is -0.120. The number of rotatable bonds is 4. The molecule has 0 aromatic rings. The van der Waals surface area contributed by atoms with E-state index < -0.39 is 0 Å². The largest absolute Gasteiger partial charge is 0.300 e. The highest BCUT2D eigenvalue weighted by Crippen LogP contribution is 2.36. The average Bonchev–Trinajstić information content (AvgIpc) is 2.41. The predicted octanol–water partition coefficient (Wildman–Crippen LogP) is 2.77. The van der Waals surface area contributed by atoms with Crippen molar-refractivity contribution in [3.63, 3.8) is 0 Å². The normalized spacial score (nSPS) is 29.4. The summed E-state index contributed by atoms with van der Waals surface area (Å²) in [5, 5.41) is 0. The summed E-state index contributed by atoms with van der Waals surface area (Å²) in [5.74, 6) is 0.859. The lowest BCUT2D eigenvalue weighted by Gasteiger charge is -2.48. The van der Waals surface area contributed by atoms with Gasteiger partial charge in [-0.05, 0) is 52.0 Å². The molecule has 3 nitrogen and oxygen atoms in total. The fourth-order valence-electron chi connectivity index (χ4n) is 4.00. The highest BCUT2D eigenvalue weighted by atomic mass is 15.3. The molecule has 0 unspecified atom stereocenters. The van der Waals surface area contributed by atoms with Crippen LogP contribution in [0.5, 0.6) is 0 Å². The second-order valence-electron chi connectivity index (χ2n) is 8.47. The molecule has 0 bridgehead atoms. The molecule has 0 aliphatic carbocycles. The zero-order valence-corrected chi connectivity index (χ0v) is 15.2. The van der Waals surface area contributed by atoms with E-state index in [1.165, 1.54) is 52.2 Å². The predicted molar refractivity (Wildman–Crippen MR) is 91.7 cm³/mol. The lowest BCUT2D eigenvalue weighted by Crippen LogP contribution is -2.54. The van der Waals surface area contributed by atoms with Crippen LogP contribution in [0, 0.1) is 11.3 Å². The smallest absolute Gasteiger partial charge is 0.0113 e. The maximum Gasteiger partial charge on any atom is 0.0113 e. The van der Waals surface area contributed by atoms with Crippen LogP contribution in [0.2, 0.25) is 0 Å². The molecule has 2 aliphatic rings. The van der Waals surface area contributed by atoms with E-state index in [9.17, 15) is 0 Å². The summed E-state index contributed by atoms with van der Waals surface area (Å²) in [7, 11) is 0. The molecule has 2 aliphatic heterocycles. The number of nitrogens with zero attached hydrogens (tertiary/aromatic N) is 3. The molecule has 124 valence electrons. The van der Waals surface area contributed by atoms with Crippen LogP contribution in [0.15, 0.2) is 0 Å².